The molecule has 0 unspecified atom stereocenters. The molecule has 1 fully saturated rings. The first-order valence-electron chi connectivity index (χ1n) is 6.87. The second-order valence-electron chi connectivity index (χ2n) is 4.82. The first-order chi connectivity index (χ1) is 9.54. The van der Waals surface area contributed by atoms with Crippen molar-refractivity contribution >= 4 is 28.2 Å². The molecule has 0 aliphatic carbocycles. The summed E-state index contributed by atoms with van der Waals surface area (Å²) < 4.78 is 23.5. The molecule has 2 rings (SSSR count). The molecule has 5 nitrogen and oxygen atoms in total. The van der Waals surface area contributed by atoms with E-state index in [1.54, 1.807) is 19.1 Å². The van der Waals surface area contributed by atoms with Gasteiger partial charge < -0.3 is 10.2 Å². The number of hydrogen-bond donors (Lipinski definition) is 1. The number of nitrogens with one attached hydrogen (secondary N) is 1. The predicted molar refractivity (Wildman–Crippen MR) is 84.8 cm³/mol. The van der Waals surface area contributed by atoms with Gasteiger partial charge in [0.05, 0.1) is 10.6 Å². The van der Waals surface area contributed by atoms with Crippen LogP contribution in [0.3, 0.4) is 0 Å². The van der Waals surface area contributed by atoms with E-state index in [4.69, 9.17) is 0 Å². The van der Waals surface area contributed by atoms with E-state index in [1.807, 2.05) is 4.90 Å². The van der Waals surface area contributed by atoms with Gasteiger partial charge >= 0.3 is 0 Å². The van der Waals surface area contributed by atoms with Crippen molar-refractivity contribution in [1.82, 2.24) is 10.2 Å². The zero-order valence-corrected chi connectivity index (χ0v) is 13.7. The van der Waals surface area contributed by atoms with Gasteiger partial charge in [0.2, 0.25) is 0 Å². The highest BCUT2D eigenvalue weighted by molar-refractivity contribution is 7.91. The maximum absolute atomic E-state index is 12.3. The molecule has 0 atom stereocenters. The summed E-state index contributed by atoms with van der Waals surface area (Å²) in [6.07, 6.45) is 0.939. The summed E-state index contributed by atoms with van der Waals surface area (Å²) >= 11 is 0. The summed E-state index contributed by atoms with van der Waals surface area (Å²) in [6.45, 7) is 4.76. The van der Waals surface area contributed by atoms with Crippen molar-refractivity contribution in [2.45, 2.75) is 18.2 Å². The Bertz CT molecular complexity index is 564. The van der Waals surface area contributed by atoms with Gasteiger partial charge in [0.25, 0.3) is 5.91 Å². The van der Waals surface area contributed by atoms with Gasteiger partial charge in [-0.2, -0.15) is 0 Å². The van der Waals surface area contributed by atoms with E-state index in [9.17, 15) is 13.2 Å². The summed E-state index contributed by atoms with van der Waals surface area (Å²) in [5.74, 6) is 0.0343. The van der Waals surface area contributed by atoms with Crippen molar-refractivity contribution < 1.29 is 13.2 Å². The topological polar surface area (TPSA) is 66.5 Å². The fourth-order valence-corrected chi connectivity index (χ4v) is 3.09. The average Bonchev–Trinajstić information content (AvgIpc) is 2.75. The van der Waals surface area contributed by atoms with Gasteiger partial charge in [0.15, 0.2) is 9.84 Å². The standard InChI is InChI=1S/C14H20N2O3S.ClH/c1-2-20(18,19)13-6-4-12(5-7-13)14(17)16-10-3-8-15-9-11-16;/h4-7,15H,2-3,8-11H2,1H3;1H. The molecule has 21 heavy (non-hydrogen) atoms. The molecule has 0 bridgehead atoms. The van der Waals surface area contributed by atoms with Crippen molar-refractivity contribution in [3.63, 3.8) is 0 Å². The Balaban J connectivity index is 0.00000220. The SMILES string of the molecule is CCS(=O)(=O)c1ccc(C(=O)N2CCCNCC2)cc1.Cl. The largest absolute Gasteiger partial charge is 0.337 e. The third-order valence-electron chi connectivity index (χ3n) is 3.47. The summed E-state index contributed by atoms with van der Waals surface area (Å²) in [6, 6.07) is 6.23. The van der Waals surface area contributed by atoms with Crippen LogP contribution in [0.15, 0.2) is 29.2 Å². The maximum atomic E-state index is 12.3. The van der Waals surface area contributed by atoms with Crippen LogP contribution in [0.25, 0.3) is 0 Å². The van der Waals surface area contributed by atoms with Crippen LogP contribution in [0, 0.1) is 0 Å². The minimum Gasteiger partial charge on any atom is -0.337 e. The van der Waals surface area contributed by atoms with E-state index >= 15 is 0 Å². The van der Waals surface area contributed by atoms with Crippen LogP contribution in [0.2, 0.25) is 0 Å². The van der Waals surface area contributed by atoms with E-state index in [-0.39, 0.29) is 29.0 Å². The van der Waals surface area contributed by atoms with Crippen molar-refractivity contribution in [1.29, 1.82) is 0 Å². The van der Waals surface area contributed by atoms with E-state index in [0.717, 1.165) is 26.1 Å². The summed E-state index contributed by atoms with van der Waals surface area (Å²) in [4.78, 5) is 14.4. The molecule has 0 aromatic heterocycles. The zero-order chi connectivity index (χ0) is 14.6. The van der Waals surface area contributed by atoms with Crippen LogP contribution in [-0.4, -0.2) is 51.2 Å². The molecule has 1 aromatic rings. The molecule has 1 aromatic carbocycles. The van der Waals surface area contributed by atoms with Crippen molar-refractivity contribution in [2.24, 2.45) is 0 Å². The number of benzene rings is 1. The monoisotopic (exact) mass is 332 g/mol. The maximum Gasteiger partial charge on any atom is 0.253 e. The van der Waals surface area contributed by atoms with E-state index < -0.39 is 9.84 Å². The molecule has 0 radical (unpaired) electrons. The molecule has 1 heterocycles. The minimum absolute atomic E-state index is 0. The number of carbonyl (C=O) groups is 1. The van der Waals surface area contributed by atoms with E-state index in [1.165, 1.54) is 12.1 Å². The van der Waals surface area contributed by atoms with Gasteiger partial charge in [0, 0.05) is 25.2 Å². The Morgan fingerprint density at radius 2 is 1.86 bits per heavy atom. The number of amides is 1. The third-order valence-corrected chi connectivity index (χ3v) is 5.22. The second kappa shape index (κ2) is 7.77. The fraction of sp³-hybridized carbons (Fsp3) is 0.500. The summed E-state index contributed by atoms with van der Waals surface area (Å²) in [5.41, 5.74) is 0.543. The van der Waals surface area contributed by atoms with Gasteiger partial charge in [0.1, 0.15) is 0 Å². The lowest BCUT2D eigenvalue weighted by Gasteiger charge is -2.20. The van der Waals surface area contributed by atoms with Gasteiger partial charge in [-0.3, -0.25) is 4.79 Å². The molecule has 1 amide bonds. The summed E-state index contributed by atoms with van der Waals surface area (Å²) in [7, 11) is -3.21. The van der Waals surface area contributed by atoms with Crippen LogP contribution in [-0.2, 0) is 9.84 Å². The molecule has 1 aliphatic rings. The van der Waals surface area contributed by atoms with Crippen molar-refractivity contribution in [3.8, 4) is 0 Å². The number of halogens is 1. The Morgan fingerprint density at radius 3 is 2.48 bits per heavy atom. The molecular formula is C14H21ClN2O3S. The minimum atomic E-state index is -3.21. The summed E-state index contributed by atoms with van der Waals surface area (Å²) in [5, 5.41) is 3.25. The highest BCUT2D eigenvalue weighted by atomic mass is 35.5. The van der Waals surface area contributed by atoms with Crippen LogP contribution in [0.4, 0.5) is 0 Å². The van der Waals surface area contributed by atoms with Gasteiger partial charge in [-0.25, -0.2) is 8.42 Å². The fourth-order valence-electron chi connectivity index (χ4n) is 2.20. The first-order valence-corrected chi connectivity index (χ1v) is 8.52. The van der Waals surface area contributed by atoms with E-state index in [2.05, 4.69) is 5.32 Å². The first kappa shape index (κ1) is 17.9. The normalized spacial score (nSPS) is 16.0. The highest BCUT2D eigenvalue weighted by Gasteiger charge is 2.18. The van der Waals surface area contributed by atoms with Gasteiger partial charge in [-0.1, -0.05) is 6.92 Å². The molecule has 118 valence electrons. The Labute approximate surface area is 132 Å². The number of rotatable bonds is 3. The highest BCUT2D eigenvalue weighted by Crippen LogP contribution is 2.14. The Kier molecular flexibility index (Phi) is 6.64. The molecule has 1 saturated heterocycles. The zero-order valence-electron chi connectivity index (χ0n) is 12.0. The smallest absolute Gasteiger partial charge is 0.253 e. The number of nitrogens with zero attached hydrogens (tertiary/aromatic N) is 1. The number of sulfone groups is 1. The number of carbonyl (C=O) groups excluding carboxylic acids is 1. The molecule has 7 heteroatoms. The van der Waals surface area contributed by atoms with Crippen LogP contribution >= 0.6 is 12.4 Å². The van der Waals surface area contributed by atoms with Gasteiger partial charge in [-0.05, 0) is 37.2 Å². The van der Waals surface area contributed by atoms with Gasteiger partial charge in [-0.15, -0.1) is 12.4 Å². The van der Waals surface area contributed by atoms with E-state index in [0.29, 0.717) is 12.1 Å². The number of hydrogen-bond acceptors (Lipinski definition) is 4. The van der Waals surface area contributed by atoms with Crippen molar-refractivity contribution in [3.05, 3.63) is 29.8 Å². The third kappa shape index (κ3) is 4.43. The lowest BCUT2D eigenvalue weighted by atomic mass is 10.2. The quantitative estimate of drug-likeness (QED) is 0.907. The average molecular weight is 333 g/mol. The molecular weight excluding hydrogens is 312 g/mol. The van der Waals surface area contributed by atoms with Crippen LogP contribution < -0.4 is 5.32 Å². The molecule has 0 spiro atoms. The van der Waals surface area contributed by atoms with Crippen LogP contribution in [0.5, 0.6) is 0 Å². The predicted octanol–water partition coefficient (Wildman–Crippen LogP) is 1.34. The van der Waals surface area contributed by atoms with Crippen LogP contribution in [0.1, 0.15) is 23.7 Å². The van der Waals surface area contributed by atoms with Crippen molar-refractivity contribution in [2.75, 3.05) is 31.9 Å². The Morgan fingerprint density at radius 1 is 1.19 bits per heavy atom. The molecule has 0 saturated carbocycles. The lowest BCUT2D eigenvalue weighted by molar-refractivity contribution is 0.0766. The second-order valence-corrected chi connectivity index (χ2v) is 7.10. The Hall–Kier alpha value is -1.11. The molecule has 1 N–H and O–H groups in total. The molecule has 1 aliphatic heterocycles. The lowest BCUT2D eigenvalue weighted by Crippen LogP contribution is -2.34.